The Morgan fingerprint density at radius 2 is 2.06 bits per heavy atom. The summed E-state index contributed by atoms with van der Waals surface area (Å²) in [6, 6.07) is 9.42. The van der Waals surface area contributed by atoms with Crippen LogP contribution in [0.15, 0.2) is 24.3 Å². The molecule has 0 amide bonds. The lowest BCUT2D eigenvalue weighted by Gasteiger charge is -2.19. The van der Waals surface area contributed by atoms with Gasteiger partial charge in [-0.1, -0.05) is 19.1 Å². The summed E-state index contributed by atoms with van der Waals surface area (Å²) in [5.41, 5.74) is 1.29. The fourth-order valence-corrected chi connectivity index (χ4v) is 2.61. The molecule has 0 saturated carbocycles. The van der Waals surface area contributed by atoms with Gasteiger partial charge >= 0.3 is 0 Å². The van der Waals surface area contributed by atoms with E-state index in [4.69, 9.17) is 5.26 Å². The normalized spacial score (nSPS) is 23.8. The Bertz CT molecular complexity index is 472. The molecular formula is C15H18N2O. The van der Waals surface area contributed by atoms with Crippen LogP contribution in [0, 0.1) is 17.2 Å². The van der Waals surface area contributed by atoms with Gasteiger partial charge in [-0.15, -0.1) is 0 Å². The molecule has 0 radical (unpaired) electrons. The molecule has 1 aromatic rings. The third-order valence-corrected chi connectivity index (χ3v) is 3.60. The monoisotopic (exact) mass is 242 g/mol. The number of benzene rings is 1. The molecule has 1 aromatic carbocycles. The first-order valence-corrected chi connectivity index (χ1v) is 6.37. The van der Waals surface area contributed by atoms with Gasteiger partial charge in [0.15, 0.2) is 5.78 Å². The van der Waals surface area contributed by atoms with Gasteiger partial charge in [-0.05, 0) is 31.4 Å². The van der Waals surface area contributed by atoms with Crippen LogP contribution >= 0.6 is 0 Å². The van der Waals surface area contributed by atoms with Crippen molar-refractivity contribution in [1.82, 2.24) is 4.90 Å². The highest BCUT2D eigenvalue weighted by Gasteiger charge is 2.27. The largest absolute Gasteiger partial charge is 0.293 e. The topological polar surface area (TPSA) is 44.1 Å². The van der Waals surface area contributed by atoms with Crippen LogP contribution in [0.4, 0.5) is 0 Å². The number of nitrogens with zero attached hydrogens (tertiary/aromatic N) is 2. The number of rotatable bonds is 3. The molecule has 1 saturated heterocycles. The summed E-state index contributed by atoms with van der Waals surface area (Å²) in [6.07, 6.45) is 1.17. The van der Waals surface area contributed by atoms with Crippen LogP contribution < -0.4 is 0 Å². The average Bonchev–Trinajstić information content (AvgIpc) is 2.68. The molecule has 1 fully saturated rings. The average molecular weight is 242 g/mol. The van der Waals surface area contributed by atoms with Gasteiger partial charge in [0.2, 0.25) is 0 Å². The summed E-state index contributed by atoms with van der Waals surface area (Å²) >= 11 is 0. The molecule has 0 bridgehead atoms. The number of hydrogen-bond donors (Lipinski definition) is 0. The highest BCUT2D eigenvalue weighted by atomic mass is 16.1. The fraction of sp³-hybridized carbons (Fsp3) is 0.467. The molecule has 1 aliphatic rings. The number of hydrogen-bond acceptors (Lipinski definition) is 3. The van der Waals surface area contributed by atoms with E-state index in [2.05, 4.69) is 24.8 Å². The first kappa shape index (κ1) is 12.8. The summed E-state index contributed by atoms with van der Waals surface area (Å²) in [4.78, 5) is 14.4. The molecule has 2 unspecified atom stereocenters. The molecule has 18 heavy (non-hydrogen) atoms. The van der Waals surface area contributed by atoms with Gasteiger partial charge in [-0.25, -0.2) is 0 Å². The standard InChI is InChI=1S/C15H18N2O/c1-11-7-12(2)17(9-11)10-15(18)14-5-3-13(8-16)4-6-14/h3-6,11-12H,7,9-10H2,1-2H3. The maximum Gasteiger partial charge on any atom is 0.176 e. The van der Waals surface area contributed by atoms with Crippen molar-refractivity contribution < 1.29 is 4.79 Å². The highest BCUT2D eigenvalue weighted by molar-refractivity contribution is 5.97. The van der Waals surface area contributed by atoms with Gasteiger partial charge in [0.05, 0.1) is 18.2 Å². The molecule has 1 heterocycles. The van der Waals surface area contributed by atoms with Crippen LogP contribution in [0.5, 0.6) is 0 Å². The number of nitriles is 1. The zero-order valence-electron chi connectivity index (χ0n) is 10.9. The Hall–Kier alpha value is -1.66. The van der Waals surface area contributed by atoms with E-state index in [1.165, 1.54) is 6.42 Å². The molecular weight excluding hydrogens is 224 g/mol. The van der Waals surface area contributed by atoms with E-state index in [9.17, 15) is 4.79 Å². The first-order valence-electron chi connectivity index (χ1n) is 6.37. The number of carbonyl (C=O) groups excluding carboxylic acids is 1. The zero-order chi connectivity index (χ0) is 13.1. The lowest BCUT2D eigenvalue weighted by Crippen LogP contribution is -2.32. The Morgan fingerprint density at radius 1 is 1.39 bits per heavy atom. The van der Waals surface area contributed by atoms with Crippen LogP contribution in [0.3, 0.4) is 0 Å². The molecule has 1 aliphatic heterocycles. The summed E-state index contributed by atoms with van der Waals surface area (Å²) in [5.74, 6) is 0.814. The van der Waals surface area contributed by atoms with E-state index in [-0.39, 0.29) is 5.78 Å². The Morgan fingerprint density at radius 3 is 2.56 bits per heavy atom. The quantitative estimate of drug-likeness (QED) is 0.765. The van der Waals surface area contributed by atoms with Crippen LogP contribution in [-0.4, -0.2) is 29.8 Å². The number of carbonyl (C=O) groups is 1. The van der Waals surface area contributed by atoms with Crippen molar-refractivity contribution in [1.29, 1.82) is 5.26 Å². The smallest absolute Gasteiger partial charge is 0.176 e. The summed E-state index contributed by atoms with van der Waals surface area (Å²) in [6.45, 7) is 5.89. The summed E-state index contributed by atoms with van der Waals surface area (Å²) in [5, 5.41) is 8.72. The lowest BCUT2D eigenvalue weighted by molar-refractivity contribution is 0.0925. The minimum Gasteiger partial charge on any atom is -0.293 e. The van der Waals surface area contributed by atoms with Gasteiger partial charge in [-0.3, -0.25) is 9.69 Å². The molecule has 0 N–H and O–H groups in total. The van der Waals surface area contributed by atoms with E-state index in [0.29, 0.717) is 29.6 Å². The van der Waals surface area contributed by atoms with E-state index in [1.54, 1.807) is 24.3 Å². The third kappa shape index (κ3) is 2.77. The lowest BCUT2D eigenvalue weighted by atomic mass is 10.1. The van der Waals surface area contributed by atoms with Crippen LogP contribution in [0.2, 0.25) is 0 Å². The zero-order valence-corrected chi connectivity index (χ0v) is 10.9. The molecule has 0 aromatic heterocycles. The third-order valence-electron chi connectivity index (χ3n) is 3.60. The molecule has 3 heteroatoms. The fourth-order valence-electron chi connectivity index (χ4n) is 2.61. The van der Waals surface area contributed by atoms with Crippen molar-refractivity contribution in [3.63, 3.8) is 0 Å². The SMILES string of the molecule is CC1CC(C)N(CC(=O)c2ccc(C#N)cc2)C1. The second kappa shape index (κ2) is 5.32. The Labute approximate surface area is 108 Å². The van der Waals surface area contributed by atoms with Crippen molar-refractivity contribution >= 4 is 5.78 Å². The van der Waals surface area contributed by atoms with Gasteiger partial charge in [0, 0.05) is 18.2 Å². The Kier molecular flexibility index (Phi) is 3.78. The number of ketones is 1. The Balaban J connectivity index is 2.01. The second-order valence-corrected chi connectivity index (χ2v) is 5.23. The van der Waals surface area contributed by atoms with Crippen LogP contribution in [0.25, 0.3) is 0 Å². The molecule has 0 spiro atoms. The van der Waals surface area contributed by atoms with E-state index in [1.807, 2.05) is 0 Å². The van der Waals surface area contributed by atoms with Crippen molar-refractivity contribution in [2.75, 3.05) is 13.1 Å². The minimum absolute atomic E-state index is 0.139. The first-order chi connectivity index (χ1) is 8.60. The van der Waals surface area contributed by atoms with Crippen molar-refractivity contribution in [2.45, 2.75) is 26.3 Å². The van der Waals surface area contributed by atoms with E-state index >= 15 is 0 Å². The molecule has 2 atom stereocenters. The molecule has 94 valence electrons. The van der Waals surface area contributed by atoms with Gasteiger partial charge in [0.1, 0.15) is 0 Å². The van der Waals surface area contributed by atoms with Crippen molar-refractivity contribution in [2.24, 2.45) is 5.92 Å². The summed E-state index contributed by atoms with van der Waals surface area (Å²) < 4.78 is 0. The maximum atomic E-state index is 12.1. The van der Waals surface area contributed by atoms with E-state index < -0.39 is 0 Å². The van der Waals surface area contributed by atoms with Crippen LogP contribution in [0.1, 0.15) is 36.2 Å². The van der Waals surface area contributed by atoms with Crippen molar-refractivity contribution in [3.8, 4) is 6.07 Å². The van der Waals surface area contributed by atoms with Crippen molar-refractivity contribution in [3.05, 3.63) is 35.4 Å². The minimum atomic E-state index is 0.139. The molecule has 3 nitrogen and oxygen atoms in total. The summed E-state index contributed by atoms with van der Waals surface area (Å²) in [7, 11) is 0. The number of likely N-dealkylation sites (tertiary alicyclic amines) is 1. The molecule has 2 rings (SSSR count). The van der Waals surface area contributed by atoms with E-state index in [0.717, 1.165) is 6.54 Å². The highest BCUT2D eigenvalue weighted by Crippen LogP contribution is 2.22. The molecule has 0 aliphatic carbocycles. The second-order valence-electron chi connectivity index (χ2n) is 5.23. The van der Waals surface area contributed by atoms with Crippen LogP contribution in [-0.2, 0) is 0 Å². The van der Waals surface area contributed by atoms with Gasteiger partial charge < -0.3 is 0 Å². The predicted octanol–water partition coefficient (Wildman–Crippen LogP) is 2.47. The maximum absolute atomic E-state index is 12.1. The van der Waals surface area contributed by atoms with Gasteiger partial charge in [-0.2, -0.15) is 5.26 Å². The number of Topliss-reactive ketones (excluding diaryl/α,β-unsaturated/α-hetero) is 1. The van der Waals surface area contributed by atoms with Gasteiger partial charge in [0.25, 0.3) is 0 Å². The predicted molar refractivity (Wildman–Crippen MR) is 70.3 cm³/mol.